The van der Waals surface area contributed by atoms with Crippen LogP contribution >= 0.6 is 11.6 Å². The van der Waals surface area contributed by atoms with E-state index in [0.29, 0.717) is 6.04 Å². The Hall–Kier alpha value is -0.990. The number of furan rings is 1. The molecule has 0 spiro atoms. The van der Waals surface area contributed by atoms with E-state index in [1.807, 2.05) is 18.2 Å². The van der Waals surface area contributed by atoms with E-state index in [0.717, 1.165) is 47.6 Å². The second-order valence-corrected chi connectivity index (χ2v) is 5.43. The average molecular weight is 280 g/mol. The molecule has 2 aromatic rings. The van der Waals surface area contributed by atoms with E-state index in [9.17, 15) is 0 Å². The van der Waals surface area contributed by atoms with E-state index in [4.69, 9.17) is 16.0 Å². The highest BCUT2D eigenvalue weighted by Gasteiger charge is 2.08. The van der Waals surface area contributed by atoms with Gasteiger partial charge in [-0.25, -0.2) is 0 Å². The first-order valence-electron chi connectivity index (χ1n) is 7.14. The summed E-state index contributed by atoms with van der Waals surface area (Å²) in [6, 6.07) is 8.45. The van der Waals surface area contributed by atoms with Crippen molar-refractivity contribution in [1.29, 1.82) is 0 Å². The van der Waals surface area contributed by atoms with Gasteiger partial charge in [-0.15, -0.1) is 0 Å². The first-order valence-corrected chi connectivity index (χ1v) is 7.52. The Kier molecular flexibility index (Phi) is 5.29. The number of hydrogen-bond acceptors (Lipinski definition) is 2. The summed E-state index contributed by atoms with van der Waals surface area (Å²) in [5.41, 5.74) is 0.925. The maximum Gasteiger partial charge on any atom is 0.134 e. The standard InChI is InChI=1S/C16H22ClNO/c1-3-9-18-14(4-2)6-7-15-11-12-10-13(17)5-8-16(12)19-15/h5,8,10-11,14,18H,3-4,6-7,9H2,1-2H3. The van der Waals surface area contributed by atoms with Gasteiger partial charge in [-0.2, -0.15) is 0 Å². The molecule has 0 aliphatic heterocycles. The van der Waals surface area contributed by atoms with Crippen molar-refractivity contribution in [2.24, 2.45) is 0 Å². The SMILES string of the molecule is CCCNC(CC)CCc1cc2cc(Cl)ccc2o1. The molecule has 0 saturated heterocycles. The Morgan fingerprint density at radius 2 is 2.11 bits per heavy atom. The third-order valence-electron chi connectivity index (χ3n) is 3.44. The number of fused-ring (bicyclic) bond motifs is 1. The van der Waals surface area contributed by atoms with Crippen molar-refractivity contribution < 1.29 is 4.42 Å². The molecular formula is C16H22ClNO. The van der Waals surface area contributed by atoms with Crippen LogP contribution in [-0.4, -0.2) is 12.6 Å². The molecule has 104 valence electrons. The molecule has 0 saturated carbocycles. The van der Waals surface area contributed by atoms with Gasteiger partial charge in [-0.3, -0.25) is 0 Å². The smallest absolute Gasteiger partial charge is 0.134 e. The average Bonchev–Trinajstić information content (AvgIpc) is 2.81. The van der Waals surface area contributed by atoms with Gasteiger partial charge in [0.05, 0.1) is 0 Å². The number of aryl methyl sites for hydroxylation is 1. The number of rotatable bonds is 7. The minimum Gasteiger partial charge on any atom is -0.461 e. The molecule has 19 heavy (non-hydrogen) atoms. The number of halogens is 1. The highest BCUT2D eigenvalue weighted by molar-refractivity contribution is 6.31. The van der Waals surface area contributed by atoms with Gasteiger partial charge in [0.1, 0.15) is 11.3 Å². The van der Waals surface area contributed by atoms with E-state index in [1.165, 1.54) is 6.42 Å². The molecule has 0 aliphatic rings. The van der Waals surface area contributed by atoms with Gasteiger partial charge in [0.2, 0.25) is 0 Å². The van der Waals surface area contributed by atoms with E-state index >= 15 is 0 Å². The van der Waals surface area contributed by atoms with Crippen LogP contribution in [0, 0.1) is 0 Å². The summed E-state index contributed by atoms with van der Waals surface area (Å²) >= 11 is 5.98. The lowest BCUT2D eigenvalue weighted by Crippen LogP contribution is -2.29. The van der Waals surface area contributed by atoms with E-state index in [-0.39, 0.29) is 0 Å². The molecule has 1 heterocycles. The summed E-state index contributed by atoms with van der Waals surface area (Å²) in [4.78, 5) is 0. The van der Waals surface area contributed by atoms with Crippen LogP contribution in [0.3, 0.4) is 0 Å². The topological polar surface area (TPSA) is 25.2 Å². The first-order chi connectivity index (χ1) is 9.22. The van der Waals surface area contributed by atoms with Gasteiger partial charge in [0.25, 0.3) is 0 Å². The fourth-order valence-corrected chi connectivity index (χ4v) is 2.49. The molecule has 0 amide bonds. The second kappa shape index (κ2) is 6.97. The summed E-state index contributed by atoms with van der Waals surface area (Å²) in [5, 5.41) is 5.42. The molecule has 0 aliphatic carbocycles. The van der Waals surface area contributed by atoms with Crippen molar-refractivity contribution in [3.63, 3.8) is 0 Å². The first kappa shape index (κ1) is 14.4. The Morgan fingerprint density at radius 1 is 1.26 bits per heavy atom. The lowest BCUT2D eigenvalue weighted by molar-refractivity contribution is 0.444. The number of benzene rings is 1. The van der Waals surface area contributed by atoms with Crippen molar-refractivity contribution >= 4 is 22.6 Å². The summed E-state index contributed by atoms with van der Waals surface area (Å²) in [7, 11) is 0. The maximum atomic E-state index is 5.98. The zero-order valence-corrected chi connectivity index (χ0v) is 12.5. The van der Waals surface area contributed by atoms with Crippen LogP contribution in [-0.2, 0) is 6.42 Å². The highest BCUT2D eigenvalue weighted by atomic mass is 35.5. The van der Waals surface area contributed by atoms with Crippen LogP contribution in [0.5, 0.6) is 0 Å². The van der Waals surface area contributed by atoms with E-state index in [2.05, 4.69) is 25.2 Å². The van der Waals surface area contributed by atoms with Crippen LogP contribution < -0.4 is 5.32 Å². The zero-order valence-electron chi connectivity index (χ0n) is 11.7. The summed E-state index contributed by atoms with van der Waals surface area (Å²) < 4.78 is 5.84. The monoisotopic (exact) mass is 279 g/mol. The van der Waals surface area contributed by atoms with Gasteiger partial charge in [-0.1, -0.05) is 25.4 Å². The lowest BCUT2D eigenvalue weighted by atomic mass is 10.1. The van der Waals surface area contributed by atoms with Gasteiger partial charge in [0, 0.05) is 22.9 Å². The molecule has 1 aromatic heterocycles. The predicted octanol–water partition coefficient (Wildman–Crippen LogP) is 4.80. The fraction of sp³-hybridized carbons (Fsp3) is 0.500. The second-order valence-electron chi connectivity index (χ2n) is 4.99. The largest absolute Gasteiger partial charge is 0.461 e. The Balaban J connectivity index is 1.97. The molecule has 2 rings (SSSR count). The molecule has 1 N–H and O–H groups in total. The third kappa shape index (κ3) is 3.99. The van der Waals surface area contributed by atoms with Gasteiger partial charge >= 0.3 is 0 Å². The number of nitrogens with one attached hydrogen (secondary N) is 1. The minimum absolute atomic E-state index is 0.580. The van der Waals surface area contributed by atoms with E-state index in [1.54, 1.807) is 0 Å². The summed E-state index contributed by atoms with van der Waals surface area (Å²) in [5.74, 6) is 1.05. The molecule has 0 bridgehead atoms. The van der Waals surface area contributed by atoms with Crippen LogP contribution in [0.15, 0.2) is 28.7 Å². The summed E-state index contributed by atoms with van der Waals surface area (Å²) in [6.45, 7) is 5.52. The fourth-order valence-electron chi connectivity index (χ4n) is 2.31. The maximum absolute atomic E-state index is 5.98. The molecule has 0 fully saturated rings. The van der Waals surface area contributed by atoms with Gasteiger partial charge in [0.15, 0.2) is 0 Å². The Labute approximate surface area is 120 Å². The Morgan fingerprint density at radius 3 is 2.84 bits per heavy atom. The van der Waals surface area contributed by atoms with Crippen molar-refractivity contribution in [2.45, 2.75) is 45.6 Å². The van der Waals surface area contributed by atoms with Crippen LogP contribution in [0.1, 0.15) is 38.9 Å². The van der Waals surface area contributed by atoms with Crippen LogP contribution in [0.2, 0.25) is 5.02 Å². The van der Waals surface area contributed by atoms with Gasteiger partial charge < -0.3 is 9.73 Å². The van der Waals surface area contributed by atoms with Crippen molar-refractivity contribution in [2.75, 3.05) is 6.54 Å². The molecule has 1 aromatic carbocycles. The highest BCUT2D eigenvalue weighted by Crippen LogP contribution is 2.24. The predicted molar refractivity (Wildman–Crippen MR) is 81.9 cm³/mol. The molecular weight excluding hydrogens is 258 g/mol. The number of hydrogen-bond donors (Lipinski definition) is 1. The third-order valence-corrected chi connectivity index (χ3v) is 3.68. The quantitative estimate of drug-likeness (QED) is 0.788. The zero-order chi connectivity index (χ0) is 13.7. The molecule has 1 unspecified atom stereocenters. The molecule has 2 nitrogen and oxygen atoms in total. The molecule has 0 radical (unpaired) electrons. The van der Waals surface area contributed by atoms with Crippen molar-refractivity contribution in [3.8, 4) is 0 Å². The summed E-state index contributed by atoms with van der Waals surface area (Å²) in [6.07, 6.45) is 4.43. The van der Waals surface area contributed by atoms with Crippen molar-refractivity contribution in [1.82, 2.24) is 5.32 Å². The van der Waals surface area contributed by atoms with Crippen LogP contribution in [0.25, 0.3) is 11.0 Å². The molecule has 3 heteroatoms. The normalized spacial score (nSPS) is 13.0. The Bertz CT molecular complexity index is 520. The molecule has 1 atom stereocenters. The van der Waals surface area contributed by atoms with Crippen molar-refractivity contribution in [3.05, 3.63) is 35.0 Å². The van der Waals surface area contributed by atoms with Crippen LogP contribution in [0.4, 0.5) is 0 Å². The minimum atomic E-state index is 0.580. The van der Waals surface area contributed by atoms with E-state index < -0.39 is 0 Å². The van der Waals surface area contributed by atoms with Gasteiger partial charge in [-0.05, 0) is 50.1 Å². The lowest BCUT2D eigenvalue weighted by Gasteiger charge is -2.15.